The van der Waals surface area contributed by atoms with Crippen LogP contribution in [-0.4, -0.2) is 17.3 Å². The average molecular weight is 230 g/mol. The van der Waals surface area contributed by atoms with Gasteiger partial charge >= 0.3 is 12.1 Å². The van der Waals surface area contributed by atoms with Crippen LogP contribution in [0.3, 0.4) is 0 Å². The maximum Gasteiger partial charge on any atom is 0.409 e. The molecule has 0 radical (unpaired) electrons. The SMILES string of the molecule is Cc1cc(C=CC(F)(F)F)ccc1C(=O)O. The van der Waals surface area contributed by atoms with E-state index in [1.807, 2.05) is 0 Å². The lowest BCUT2D eigenvalue weighted by molar-refractivity contribution is -0.0790. The third-order valence-electron chi connectivity index (χ3n) is 1.95. The molecule has 86 valence electrons. The van der Waals surface area contributed by atoms with Gasteiger partial charge in [-0.3, -0.25) is 0 Å². The molecule has 0 aromatic heterocycles. The Balaban J connectivity index is 2.99. The first-order valence-corrected chi connectivity index (χ1v) is 4.39. The summed E-state index contributed by atoms with van der Waals surface area (Å²) in [6.45, 7) is 1.54. The molecule has 0 saturated heterocycles. The molecule has 0 fully saturated rings. The number of aryl methyl sites for hydroxylation is 1. The van der Waals surface area contributed by atoms with E-state index in [1.165, 1.54) is 25.1 Å². The zero-order chi connectivity index (χ0) is 12.3. The van der Waals surface area contributed by atoms with E-state index in [4.69, 9.17) is 5.11 Å². The molecule has 0 aliphatic heterocycles. The van der Waals surface area contributed by atoms with Crippen LogP contribution in [0.4, 0.5) is 13.2 Å². The highest BCUT2D eigenvalue weighted by Crippen LogP contribution is 2.19. The van der Waals surface area contributed by atoms with Gasteiger partial charge in [-0.25, -0.2) is 4.79 Å². The topological polar surface area (TPSA) is 37.3 Å². The predicted octanol–water partition coefficient (Wildman–Crippen LogP) is 3.27. The number of aromatic carboxylic acids is 1. The molecule has 0 bridgehead atoms. The molecule has 1 N–H and O–H groups in total. The van der Waals surface area contributed by atoms with Crippen LogP contribution in [0.15, 0.2) is 24.3 Å². The van der Waals surface area contributed by atoms with Crippen molar-refractivity contribution in [3.63, 3.8) is 0 Å². The lowest BCUT2D eigenvalue weighted by atomic mass is 10.0. The quantitative estimate of drug-likeness (QED) is 0.846. The number of carboxylic acid groups (broad SMARTS) is 1. The first-order valence-electron chi connectivity index (χ1n) is 4.39. The molecule has 0 amide bonds. The van der Waals surface area contributed by atoms with E-state index in [0.717, 1.165) is 6.08 Å². The van der Waals surface area contributed by atoms with E-state index < -0.39 is 12.1 Å². The smallest absolute Gasteiger partial charge is 0.409 e. The largest absolute Gasteiger partial charge is 0.478 e. The lowest BCUT2D eigenvalue weighted by Gasteiger charge is -2.02. The van der Waals surface area contributed by atoms with Crippen molar-refractivity contribution >= 4 is 12.0 Å². The fourth-order valence-corrected chi connectivity index (χ4v) is 1.22. The molecule has 0 heterocycles. The minimum atomic E-state index is -4.36. The molecule has 1 aromatic carbocycles. The molecule has 2 nitrogen and oxygen atoms in total. The van der Waals surface area contributed by atoms with Crippen LogP contribution < -0.4 is 0 Å². The number of hydrogen-bond acceptors (Lipinski definition) is 1. The summed E-state index contributed by atoms with van der Waals surface area (Å²) < 4.78 is 35.6. The standard InChI is InChI=1S/C11H9F3O2/c1-7-6-8(4-5-11(12,13)14)2-3-9(7)10(15)16/h2-6H,1H3,(H,15,16). The van der Waals surface area contributed by atoms with Gasteiger partial charge in [0, 0.05) is 6.08 Å². The Labute approximate surface area is 90.0 Å². The highest BCUT2D eigenvalue weighted by atomic mass is 19.4. The molecular formula is C11H9F3O2. The molecule has 0 unspecified atom stereocenters. The Morgan fingerprint density at radius 3 is 2.44 bits per heavy atom. The van der Waals surface area contributed by atoms with Gasteiger partial charge in [0.15, 0.2) is 0 Å². The van der Waals surface area contributed by atoms with Crippen LogP contribution >= 0.6 is 0 Å². The second-order valence-corrected chi connectivity index (χ2v) is 3.25. The Morgan fingerprint density at radius 2 is 2.00 bits per heavy atom. The van der Waals surface area contributed by atoms with Crippen molar-refractivity contribution in [1.29, 1.82) is 0 Å². The fraction of sp³-hybridized carbons (Fsp3) is 0.182. The third kappa shape index (κ3) is 3.42. The summed E-state index contributed by atoms with van der Waals surface area (Å²) in [7, 11) is 0. The van der Waals surface area contributed by atoms with Crippen molar-refractivity contribution in [2.45, 2.75) is 13.1 Å². The van der Waals surface area contributed by atoms with Gasteiger partial charge in [0.2, 0.25) is 0 Å². The number of rotatable bonds is 2. The molecule has 0 atom stereocenters. The molecule has 16 heavy (non-hydrogen) atoms. The lowest BCUT2D eigenvalue weighted by Crippen LogP contribution is -2.01. The van der Waals surface area contributed by atoms with Crippen LogP contribution in [0.5, 0.6) is 0 Å². The van der Waals surface area contributed by atoms with Crippen LogP contribution in [0, 0.1) is 6.92 Å². The number of carbonyl (C=O) groups is 1. The monoisotopic (exact) mass is 230 g/mol. The zero-order valence-electron chi connectivity index (χ0n) is 8.38. The second kappa shape index (κ2) is 4.38. The minimum Gasteiger partial charge on any atom is -0.478 e. The molecule has 0 aliphatic carbocycles. The van der Waals surface area contributed by atoms with E-state index >= 15 is 0 Å². The number of halogens is 3. The van der Waals surface area contributed by atoms with Crippen LogP contribution in [0.1, 0.15) is 21.5 Å². The summed E-state index contributed by atoms with van der Waals surface area (Å²) in [5, 5.41) is 8.72. The molecule has 0 aliphatic rings. The maximum absolute atomic E-state index is 11.9. The number of carboxylic acids is 1. The van der Waals surface area contributed by atoms with E-state index in [-0.39, 0.29) is 11.6 Å². The Morgan fingerprint density at radius 1 is 1.38 bits per heavy atom. The summed E-state index contributed by atoms with van der Waals surface area (Å²) in [5.41, 5.74) is 0.834. The van der Waals surface area contributed by atoms with E-state index in [0.29, 0.717) is 11.1 Å². The van der Waals surface area contributed by atoms with Crippen LogP contribution in [-0.2, 0) is 0 Å². The summed E-state index contributed by atoms with van der Waals surface area (Å²) in [4.78, 5) is 10.7. The Bertz CT molecular complexity index is 433. The van der Waals surface area contributed by atoms with Gasteiger partial charge in [-0.1, -0.05) is 18.2 Å². The molecule has 0 saturated carbocycles. The number of alkyl halides is 3. The minimum absolute atomic E-state index is 0.0872. The molecule has 1 aromatic rings. The summed E-state index contributed by atoms with van der Waals surface area (Å²) >= 11 is 0. The van der Waals surface area contributed by atoms with Crippen LogP contribution in [0.2, 0.25) is 0 Å². The van der Waals surface area contributed by atoms with Gasteiger partial charge < -0.3 is 5.11 Å². The maximum atomic E-state index is 11.9. The normalized spacial score (nSPS) is 12.0. The summed E-state index contributed by atoms with van der Waals surface area (Å²) in [6.07, 6.45) is -3.35. The van der Waals surface area contributed by atoms with Gasteiger partial charge in [-0.2, -0.15) is 13.2 Å². The van der Waals surface area contributed by atoms with E-state index in [9.17, 15) is 18.0 Å². The number of hydrogen-bond donors (Lipinski definition) is 1. The van der Waals surface area contributed by atoms with Gasteiger partial charge in [-0.15, -0.1) is 0 Å². The third-order valence-corrected chi connectivity index (χ3v) is 1.95. The number of benzene rings is 1. The Hall–Kier alpha value is -1.78. The van der Waals surface area contributed by atoms with Crippen molar-refractivity contribution in [1.82, 2.24) is 0 Å². The van der Waals surface area contributed by atoms with Crippen molar-refractivity contribution in [2.75, 3.05) is 0 Å². The summed E-state index contributed by atoms with van der Waals surface area (Å²) in [5.74, 6) is -1.09. The van der Waals surface area contributed by atoms with Crippen molar-refractivity contribution in [3.8, 4) is 0 Å². The van der Waals surface area contributed by atoms with Crippen molar-refractivity contribution < 1.29 is 23.1 Å². The van der Waals surface area contributed by atoms with E-state index in [1.54, 1.807) is 0 Å². The molecular weight excluding hydrogens is 221 g/mol. The van der Waals surface area contributed by atoms with Crippen molar-refractivity contribution in [3.05, 3.63) is 41.0 Å². The van der Waals surface area contributed by atoms with Gasteiger partial charge in [0.1, 0.15) is 0 Å². The highest BCUT2D eigenvalue weighted by molar-refractivity contribution is 5.89. The molecule has 0 spiro atoms. The first kappa shape index (κ1) is 12.3. The van der Waals surface area contributed by atoms with Crippen LogP contribution in [0.25, 0.3) is 6.08 Å². The molecule has 5 heteroatoms. The van der Waals surface area contributed by atoms with Gasteiger partial charge in [-0.05, 0) is 24.1 Å². The van der Waals surface area contributed by atoms with E-state index in [2.05, 4.69) is 0 Å². The number of allylic oxidation sites excluding steroid dienone is 1. The fourth-order valence-electron chi connectivity index (χ4n) is 1.22. The first-order chi connectivity index (χ1) is 7.29. The van der Waals surface area contributed by atoms with Gasteiger partial charge in [0.05, 0.1) is 5.56 Å². The average Bonchev–Trinajstić information content (AvgIpc) is 2.13. The molecule has 1 rings (SSSR count). The Kier molecular flexibility index (Phi) is 3.37. The zero-order valence-corrected chi connectivity index (χ0v) is 8.38. The van der Waals surface area contributed by atoms with Gasteiger partial charge in [0.25, 0.3) is 0 Å². The second-order valence-electron chi connectivity index (χ2n) is 3.25. The highest BCUT2D eigenvalue weighted by Gasteiger charge is 2.21. The summed E-state index contributed by atoms with van der Waals surface area (Å²) in [6, 6.07) is 4.01. The van der Waals surface area contributed by atoms with Crippen molar-refractivity contribution in [2.24, 2.45) is 0 Å². The predicted molar refractivity (Wildman–Crippen MR) is 53.2 cm³/mol.